The molecule has 0 aromatic heterocycles. The van der Waals surface area contributed by atoms with Crippen LogP contribution in [0.2, 0.25) is 5.02 Å². The number of amides is 2. The van der Waals surface area contributed by atoms with Gasteiger partial charge in [0.25, 0.3) is 0 Å². The maximum Gasteiger partial charge on any atom is 0.229 e. The SMILES string of the molecule is O=C(Nc1cccc(CSC2CCOCC2)c1)C1CC(=O)N(c2ccc(Cl)cc2)C1. The van der Waals surface area contributed by atoms with Gasteiger partial charge < -0.3 is 15.0 Å². The summed E-state index contributed by atoms with van der Waals surface area (Å²) in [5.41, 5.74) is 2.74. The fraction of sp³-hybridized carbons (Fsp3) is 0.391. The first-order chi connectivity index (χ1) is 14.6. The van der Waals surface area contributed by atoms with E-state index in [2.05, 4.69) is 11.4 Å². The minimum Gasteiger partial charge on any atom is -0.381 e. The van der Waals surface area contributed by atoms with Crippen LogP contribution >= 0.6 is 23.4 Å². The summed E-state index contributed by atoms with van der Waals surface area (Å²) in [4.78, 5) is 26.8. The smallest absolute Gasteiger partial charge is 0.229 e. The first kappa shape index (κ1) is 21.2. The van der Waals surface area contributed by atoms with Gasteiger partial charge in [0.2, 0.25) is 11.8 Å². The second-order valence-electron chi connectivity index (χ2n) is 7.69. The van der Waals surface area contributed by atoms with Crippen LogP contribution in [0.25, 0.3) is 0 Å². The molecule has 4 rings (SSSR count). The Morgan fingerprint density at radius 2 is 1.93 bits per heavy atom. The van der Waals surface area contributed by atoms with Gasteiger partial charge in [-0.15, -0.1) is 0 Å². The number of anilines is 2. The number of carbonyl (C=O) groups excluding carboxylic acids is 2. The van der Waals surface area contributed by atoms with E-state index < -0.39 is 0 Å². The summed E-state index contributed by atoms with van der Waals surface area (Å²) in [7, 11) is 0. The third-order valence-electron chi connectivity index (χ3n) is 5.48. The minimum absolute atomic E-state index is 0.0425. The number of hydrogen-bond donors (Lipinski definition) is 1. The number of halogens is 1. The molecule has 2 fully saturated rings. The molecule has 0 spiro atoms. The first-order valence-corrected chi connectivity index (χ1v) is 11.7. The molecular weight excluding hydrogens is 420 g/mol. The molecule has 0 bridgehead atoms. The van der Waals surface area contributed by atoms with Crippen molar-refractivity contribution < 1.29 is 14.3 Å². The monoisotopic (exact) mass is 444 g/mol. The predicted octanol–water partition coefficient (Wildman–Crippen LogP) is 4.74. The number of ether oxygens (including phenoxy) is 1. The quantitative estimate of drug-likeness (QED) is 0.698. The van der Waals surface area contributed by atoms with Crippen molar-refractivity contribution in [1.29, 1.82) is 0 Å². The van der Waals surface area contributed by atoms with Crippen LogP contribution in [0.1, 0.15) is 24.8 Å². The Hall–Kier alpha value is -2.02. The molecule has 1 atom stereocenters. The number of carbonyl (C=O) groups is 2. The Kier molecular flexibility index (Phi) is 6.97. The first-order valence-electron chi connectivity index (χ1n) is 10.2. The van der Waals surface area contributed by atoms with Crippen LogP contribution in [0.4, 0.5) is 11.4 Å². The summed E-state index contributed by atoms with van der Waals surface area (Å²) in [6.45, 7) is 2.08. The minimum atomic E-state index is -0.367. The van der Waals surface area contributed by atoms with E-state index in [1.54, 1.807) is 29.2 Å². The third kappa shape index (κ3) is 5.36. The molecule has 2 heterocycles. The summed E-state index contributed by atoms with van der Waals surface area (Å²) in [5, 5.41) is 4.25. The zero-order chi connectivity index (χ0) is 20.9. The van der Waals surface area contributed by atoms with Crippen LogP contribution in [0.5, 0.6) is 0 Å². The van der Waals surface area contributed by atoms with Gasteiger partial charge in [-0.1, -0.05) is 23.7 Å². The molecule has 158 valence electrons. The van der Waals surface area contributed by atoms with Crippen molar-refractivity contribution in [2.24, 2.45) is 5.92 Å². The lowest BCUT2D eigenvalue weighted by Crippen LogP contribution is -2.28. The van der Waals surface area contributed by atoms with Crippen molar-refractivity contribution in [2.45, 2.75) is 30.3 Å². The molecule has 30 heavy (non-hydrogen) atoms. The number of benzene rings is 2. The maximum absolute atomic E-state index is 12.8. The molecule has 1 unspecified atom stereocenters. The lowest BCUT2D eigenvalue weighted by atomic mass is 10.1. The number of thioether (sulfide) groups is 1. The highest BCUT2D eigenvalue weighted by Crippen LogP contribution is 2.28. The normalized spacial score (nSPS) is 19.8. The molecule has 2 amide bonds. The highest BCUT2D eigenvalue weighted by Gasteiger charge is 2.35. The highest BCUT2D eigenvalue weighted by atomic mass is 35.5. The largest absolute Gasteiger partial charge is 0.381 e. The van der Waals surface area contributed by atoms with Gasteiger partial charge in [-0.05, 0) is 54.8 Å². The van der Waals surface area contributed by atoms with Crippen LogP contribution in [0.3, 0.4) is 0 Å². The van der Waals surface area contributed by atoms with Gasteiger partial charge >= 0.3 is 0 Å². The van der Waals surface area contributed by atoms with Gasteiger partial charge in [-0.25, -0.2) is 0 Å². The van der Waals surface area contributed by atoms with Crippen molar-refractivity contribution in [3.05, 3.63) is 59.1 Å². The topological polar surface area (TPSA) is 58.6 Å². The Morgan fingerprint density at radius 1 is 1.17 bits per heavy atom. The Balaban J connectivity index is 1.33. The predicted molar refractivity (Wildman–Crippen MR) is 122 cm³/mol. The zero-order valence-corrected chi connectivity index (χ0v) is 18.3. The van der Waals surface area contributed by atoms with Gasteiger partial charge in [0, 0.05) is 53.6 Å². The Morgan fingerprint density at radius 3 is 2.70 bits per heavy atom. The van der Waals surface area contributed by atoms with Crippen LogP contribution in [-0.4, -0.2) is 36.8 Å². The molecule has 5 nitrogen and oxygen atoms in total. The summed E-state index contributed by atoms with van der Waals surface area (Å²) in [5.74, 6) is 0.391. The molecule has 2 aliphatic rings. The zero-order valence-electron chi connectivity index (χ0n) is 16.7. The number of rotatable bonds is 6. The molecule has 0 radical (unpaired) electrons. The standard InChI is InChI=1S/C23H25ClN2O3S/c24-18-4-6-20(7-5-18)26-14-17(13-22(26)27)23(28)25-19-3-1-2-16(12-19)15-30-21-8-10-29-11-9-21/h1-7,12,17,21H,8-11,13-15H2,(H,25,28). The molecular formula is C23H25ClN2O3S. The molecule has 2 aliphatic heterocycles. The van der Waals surface area contributed by atoms with Crippen LogP contribution < -0.4 is 10.2 Å². The summed E-state index contributed by atoms with van der Waals surface area (Å²) >= 11 is 7.88. The lowest BCUT2D eigenvalue weighted by molar-refractivity contribution is -0.122. The van der Waals surface area contributed by atoms with Crippen LogP contribution in [-0.2, 0) is 20.1 Å². The molecule has 0 saturated carbocycles. The fourth-order valence-corrected chi connectivity index (χ4v) is 5.05. The van der Waals surface area contributed by atoms with Crippen molar-refractivity contribution in [3.63, 3.8) is 0 Å². The molecule has 2 aromatic rings. The fourth-order valence-electron chi connectivity index (χ4n) is 3.79. The molecule has 2 aromatic carbocycles. The summed E-state index contributed by atoms with van der Waals surface area (Å²) in [6.07, 6.45) is 2.41. The van der Waals surface area contributed by atoms with Gasteiger partial charge in [-0.2, -0.15) is 11.8 Å². The summed E-state index contributed by atoms with van der Waals surface area (Å²) < 4.78 is 5.42. The molecule has 1 N–H and O–H groups in total. The molecule has 0 aliphatic carbocycles. The van der Waals surface area contributed by atoms with Crippen molar-refractivity contribution in [1.82, 2.24) is 0 Å². The molecule has 7 heteroatoms. The van der Waals surface area contributed by atoms with Crippen LogP contribution in [0.15, 0.2) is 48.5 Å². The van der Waals surface area contributed by atoms with E-state index in [-0.39, 0.29) is 24.2 Å². The number of hydrogen-bond acceptors (Lipinski definition) is 4. The Labute approximate surface area is 186 Å². The van der Waals surface area contributed by atoms with Crippen molar-refractivity contribution in [3.8, 4) is 0 Å². The second kappa shape index (κ2) is 9.86. The Bertz CT molecular complexity index is 900. The number of nitrogens with one attached hydrogen (secondary N) is 1. The van der Waals surface area contributed by atoms with Crippen molar-refractivity contribution >= 4 is 46.6 Å². The van der Waals surface area contributed by atoms with E-state index in [0.717, 1.165) is 43.2 Å². The number of nitrogens with zero attached hydrogens (tertiary/aromatic N) is 1. The van der Waals surface area contributed by atoms with E-state index in [0.29, 0.717) is 16.8 Å². The van der Waals surface area contributed by atoms with Crippen molar-refractivity contribution in [2.75, 3.05) is 30.0 Å². The van der Waals surface area contributed by atoms with Gasteiger partial charge in [0.05, 0.1) is 5.92 Å². The van der Waals surface area contributed by atoms with E-state index in [1.165, 1.54) is 5.56 Å². The van der Waals surface area contributed by atoms with E-state index >= 15 is 0 Å². The lowest BCUT2D eigenvalue weighted by Gasteiger charge is -2.21. The summed E-state index contributed by atoms with van der Waals surface area (Å²) in [6, 6.07) is 15.1. The van der Waals surface area contributed by atoms with E-state index in [9.17, 15) is 9.59 Å². The highest BCUT2D eigenvalue weighted by molar-refractivity contribution is 7.99. The van der Waals surface area contributed by atoms with Gasteiger partial charge in [0.15, 0.2) is 0 Å². The average molecular weight is 445 g/mol. The second-order valence-corrected chi connectivity index (χ2v) is 9.42. The third-order valence-corrected chi connectivity index (χ3v) is 7.18. The molecule has 2 saturated heterocycles. The maximum atomic E-state index is 12.8. The van der Waals surface area contributed by atoms with Gasteiger partial charge in [0.1, 0.15) is 0 Å². The van der Waals surface area contributed by atoms with E-state index in [4.69, 9.17) is 16.3 Å². The van der Waals surface area contributed by atoms with E-state index in [1.807, 2.05) is 30.0 Å². The van der Waals surface area contributed by atoms with Gasteiger partial charge in [-0.3, -0.25) is 9.59 Å². The van der Waals surface area contributed by atoms with Crippen LogP contribution in [0, 0.1) is 5.92 Å². The average Bonchev–Trinajstić information content (AvgIpc) is 3.16.